The fourth-order valence-electron chi connectivity index (χ4n) is 3.96. The van der Waals surface area contributed by atoms with Crippen LogP contribution in [0.1, 0.15) is 40.9 Å². The highest BCUT2D eigenvalue weighted by Crippen LogP contribution is 2.31. The highest BCUT2D eigenvalue weighted by molar-refractivity contribution is 5.91. The highest BCUT2D eigenvalue weighted by Gasteiger charge is 2.24. The molecule has 1 aliphatic heterocycles. The average molecular weight is 435 g/mol. The second-order valence-corrected chi connectivity index (χ2v) is 8.38. The Morgan fingerprint density at radius 1 is 0.758 bits per heavy atom. The number of rotatable bonds is 7. The molecule has 33 heavy (non-hydrogen) atoms. The van der Waals surface area contributed by atoms with Crippen LogP contribution >= 0.6 is 0 Å². The molecule has 4 aromatic carbocycles. The van der Waals surface area contributed by atoms with Crippen LogP contribution in [-0.2, 0) is 11.2 Å². The summed E-state index contributed by atoms with van der Waals surface area (Å²) < 4.78 is 10.8. The van der Waals surface area contributed by atoms with Crippen LogP contribution in [0.25, 0.3) is 22.3 Å². The van der Waals surface area contributed by atoms with Crippen LogP contribution in [0, 0.1) is 0 Å². The number of aryl methyl sites for hydroxylation is 1. The molecule has 1 atom stereocenters. The van der Waals surface area contributed by atoms with Crippen molar-refractivity contribution in [3.05, 3.63) is 114 Å². The van der Waals surface area contributed by atoms with Gasteiger partial charge in [0.2, 0.25) is 0 Å². The fraction of sp³-hybridized carbons (Fsp3) is 0.167. The number of ether oxygens (including phenoxy) is 2. The van der Waals surface area contributed by atoms with Crippen molar-refractivity contribution in [2.45, 2.75) is 25.9 Å². The molecule has 164 valence electrons. The lowest BCUT2D eigenvalue weighted by atomic mass is 9.98. The summed E-state index contributed by atoms with van der Waals surface area (Å²) in [6.45, 7) is 2.96. The van der Waals surface area contributed by atoms with Crippen LogP contribution in [0.5, 0.6) is 5.75 Å². The van der Waals surface area contributed by atoms with E-state index >= 15 is 0 Å². The second-order valence-electron chi connectivity index (χ2n) is 8.38. The Hall–Kier alpha value is -3.69. The number of carbonyl (C=O) groups excluding carboxylic acids is 1. The lowest BCUT2D eigenvalue weighted by Gasteiger charge is -2.08. The Morgan fingerprint density at radius 2 is 1.24 bits per heavy atom. The van der Waals surface area contributed by atoms with Gasteiger partial charge in [-0.05, 0) is 64.1 Å². The summed E-state index contributed by atoms with van der Waals surface area (Å²) in [5, 5.41) is 0. The lowest BCUT2D eigenvalue weighted by molar-refractivity contribution is 0.0734. The van der Waals surface area contributed by atoms with E-state index in [0.717, 1.165) is 36.1 Å². The van der Waals surface area contributed by atoms with Gasteiger partial charge in [0.05, 0.1) is 12.2 Å². The van der Waals surface area contributed by atoms with E-state index in [1.165, 1.54) is 16.7 Å². The van der Waals surface area contributed by atoms with E-state index in [0.29, 0.717) is 11.3 Å². The molecule has 3 heteroatoms. The predicted octanol–water partition coefficient (Wildman–Crippen LogP) is 7.26. The van der Waals surface area contributed by atoms with Gasteiger partial charge in [-0.15, -0.1) is 0 Å². The third kappa shape index (κ3) is 5.05. The largest absolute Gasteiger partial charge is 0.423 e. The summed E-state index contributed by atoms with van der Waals surface area (Å²) in [6.07, 6.45) is 2.47. The molecule has 5 rings (SSSR count). The Balaban J connectivity index is 1.24. The van der Waals surface area contributed by atoms with E-state index in [1.807, 2.05) is 48.5 Å². The van der Waals surface area contributed by atoms with E-state index in [-0.39, 0.29) is 12.1 Å². The van der Waals surface area contributed by atoms with Crippen LogP contribution < -0.4 is 4.74 Å². The first-order valence-corrected chi connectivity index (χ1v) is 11.4. The number of esters is 1. The molecule has 4 aromatic rings. The highest BCUT2D eigenvalue weighted by atomic mass is 16.6. The Kier molecular flexibility index (Phi) is 6.05. The summed E-state index contributed by atoms with van der Waals surface area (Å²) in [7, 11) is 0. The van der Waals surface area contributed by atoms with Crippen LogP contribution in [0.3, 0.4) is 0 Å². The van der Waals surface area contributed by atoms with Crippen molar-refractivity contribution >= 4 is 5.97 Å². The third-order valence-corrected chi connectivity index (χ3v) is 5.96. The number of benzene rings is 4. The molecule has 0 aromatic heterocycles. The molecule has 1 aliphatic rings. The van der Waals surface area contributed by atoms with Crippen molar-refractivity contribution in [1.82, 2.24) is 0 Å². The first-order valence-electron chi connectivity index (χ1n) is 11.4. The lowest BCUT2D eigenvalue weighted by Crippen LogP contribution is -2.08. The van der Waals surface area contributed by atoms with E-state index in [9.17, 15) is 4.79 Å². The van der Waals surface area contributed by atoms with E-state index in [4.69, 9.17) is 9.47 Å². The van der Waals surface area contributed by atoms with Gasteiger partial charge in [-0.25, -0.2) is 4.79 Å². The maximum absolute atomic E-state index is 12.5. The zero-order valence-electron chi connectivity index (χ0n) is 18.7. The van der Waals surface area contributed by atoms with Gasteiger partial charge in [0, 0.05) is 0 Å². The van der Waals surface area contributed by atoms with Crippen molar-refractivity contribution in [1.29, 1.82) is 0 Å². The van der Waals surface area contributed by atoms with Gasteiger partial charge in [0.25, 0.3) is 0 Å². The first-order chi connectivity index (χ1) is 16.2. The standard InChI is InChI=1S/C30H26O3/c1-2-3-21-4-6-22(7-5-21)23-8-10-24(11-9-23)25-12-14-27(15-13-25)30(31)33-28-18-16-26(17-19-28)29-20-32-29/h4-19,29H,2-3,20H2,1H3. The predicted molar refractivity (Wildman–Crippen MR) is 131 cm³/mol. The zero-order valence-corrected chi connectivity index (χ0v) is 18.7. The molecule has 0 aliphatic carbocycles. The molecule has 3 nitrogen and oxygen atoms in total. The average Bonchev–Trinajstić information content (AvgIpc) is 3.71. The zero-order chi connectivity index (χ0) is 22.6. The molecule has 0 spiro atoms. The molecule has 1 unspecified atom stereocenters. The molecule has 0 N–H and O–H groups in total. The number of epoxide rings is 1. The van der Waals surface area contributed by atoms with E-state index in [2.05, 4.69) is 55.5 Å². The van der Waals surface area contributed by atoms with Crippen molar-refractivity contribution < 1.29 is 14.3 Å². The second kappa shape index (κ2) is 9.43. The van der Waals surface area contributed by atoms with E-state index in [1.54, 1.807) is 0 Å². The van der Waals surface area contributed by atoms with Gasteiger partial charge < -0.3 is 9.47 Å². The summed E-state index contributed by atoms with van der Waals surface area (Å²) in [5.74, 6) is 0.172. The number of hydrogen-bond donors (Lipinski definition) is 0. The maximum Gasteiger partial charge on any atom is 0.343 e. The Morgan fingerprint density at radius 3 is 1.73 bits per heavy atom. The first kappa shape index (κ1) is 21.2. The van der Waals surface area contributed by atoms with Crippen LogP contribution in [0.2, 0.25) is 0 Å². The molecule has 0 saturated carbocycles. The fourth-order valence-corrected chi connectivity index (χ4v) is 3.96. The van der Waals surface area contributed by atoms with Crippen molar-refractivity contribution in [3.63, 3.8) is 0 Å². The van der Waals surface area contributed by atoms with Gasteiger partial charge in [-0.2, -0.15) is 0 Å². The molecule has 1 heterocycles. The van der Waals surface area contributed by atoms with Gasteiger partial charge in [-0.3, -0.25) is 0 Å². The van der Waals surface area contributed by atoms with Gasteiger partial charge in [-0.1, -0.05) is 86.1 Å². The van der Waals surface area contributed by atoms with Crippen LogP contribution in [0.15, 0.2) is 97.1 Å². The summed E-state index contributed by atoms with van der Waals surface area (Å²) in [6, 6.07) is 32.3. The van der Waals surface area contributed by atoms with Gasteiger partial charge >= 0.3 is 5.97 Å². The maximum atomic E-state index is 12.5. The van der Waals surface area contributed by atoms with Gasteiger partial charge in [0.1, 0.15) is 11.9 Å². The van der Waals surface area contributed by atoms with Crippen LogP contribution in [0.4, 0.5) is 0 Å². The molecular weight excluding hydrogens is 408 g/mol. The SMILES string of the molecule is CCCc1ccc(-c2ccc(-c3ccc(C(=O)Oc4ccc(C5CO5)cc4)cc3)cc2)cc1. The monoisotopic (exact) mass is 434 g/mol. The van der Waals surface area contributed by atoms with Gasteiger partial charge in [0.15, 0.2) is 0 Å². The van der Waals surface area contributed by atoms with E-state index < -0.39 is 0 Å². The summed E-state index contributed by atoms with van der Waals surface area (Å²) >= 11 is 0. The summed E-state index contributed by atoms with van der Waals surface area (Å²) in [5.41, 5.74) is 7.60. The minimum absolute atomic E-state index is 0.197. The molecular formula is C30H26O3. The van der Waals surface area contributed by atoms with Crippen molar-refractivity contribution in [2.24, 2.45) is 0 Å². The number of carbonyl (C=O) groups is 1. The quantitative estimate of drug-likeness (QED) is 0.174. The molecule has 1 saturated heterocycles. The Labute approximate surface area is 194 Å². The molecule has 0 radical (unpaired) electrons. The van der Waals surface area contributed by atoms with Crippen LogP contribution in [-0.4, -0.2) is 12.6 Å². The summed E-state index contributed by atoms with van der Waals surface area (Å²) in [4.78, 5) is 12.5. The van der Waals surface area contributed by atoms with Crippen molar-refractivity contribution in [2.75, 3.05) is 6.61 Å². The topological polar surface area (TPSA) is 38.8 Å². The number of hydrogen-bond acceptors (Lipinski definition) is 3. The Bertz CT molecular complexity index is 1220. The minimum atomic E-state index is -0.362. The molecule has 0 bridgehead atoms. The molecule has 1 fully saturated rings. The van der Waals surface area contributed by atoms with Crippen molar-refractivity contribution in [3.8, 4) is 28.0 Å². The molecule has 0 amide bonds. The minimum Gasteiger partial charge on any atom is -0.423 e. The smallest absolute Gasteiger partial charge is 0.343 e. The third-order valence-electron chi connectivity index (χ3n) is 5.96. The normalized spacial score (nSPS) is 14.6.